The SMILES string of the molecule is CCn1c(=O)[nH]c(=O)n(-c2cc(Cl)c(Sc3ccc(C#N)cc3Cl)c(Cl)c2)c1=O. The first-order chi connectivity index (χ1) is 13.8. The Hall–Kier alpha value is -2.44. The van der Waals surface area contributed by atoms with Crippen molar-refractivity contribution in [1.29, 1.82) is 5.26 Å². The largest absolute Gasteiger partial charge is 0.340 e. The molecule has 0 aliphatic rings. The lowest BCUT2D eigenvalue weighted by Crippen LogP contribution is -2.48. The molecule has 0 atom stereocenters. The van der Waals surface area contributed by atoms with Crippen molar-refractivity contribution in [2.24, 2.45) is 0 Å². The fourth-order valence-corrected chi connectivity index (χ4v) is 4.38. The Morgan fingerprint density at radius 1 is 1.03 bits per heavy atom. The molecule has 0 spiro atoms. The Morgan fingerprint density at radius 2 is 1.69 bits per heavy atom. The highest BCUT2D eigenvalue weighted by molar-refractivity contribution is 7.99. The molecule has 0 unspecified atom stereocenters. The quantitative estimate of drug-likeness (QED) is 0.628. The van der Waals surface area contributed by atoms with Crippen molar-refractivity contribution in [2.75, 3.05) is 0 Å². The van der Waals surface area contributed by atoms with E-state index >= 15 is 0 Å². The fraction of sp³-hybridized carbons (Fsp3) is 0.111. The number of H-pyrrole nitrogens is 1. The van der Waals surface area contributed by atoms with Gasteiger partial charge in [-0.1, -0.05) is 46.6 Å². The maximum Gasteiger partial charge on any atom is 0.340 e. The van der Waals surface area contributed by atoms with Crippen LogP contribution in [0.5, 0.6) is 0 Å². The van der Waals surface area contributed by atoms with Crippen LogP contribution in [0.3, 0.4) is 0 Å². The molecule has 148 valence electrons. The van der Waals surface area contributed by atoms with Gasteiger partial charge in [0.25, 0.3) is 0 Å². The van der Waals surface area contributed by atoms with E-state index in [1.165, 1.54) is 30.0 Å². The summed E-state index contributed by atoms with van der Waals surface area (Å²) in [4.78, 5) is 39.6. The number of nitriles is 1. The van der Waals surface area contributed by atoms with Gasteiger partial charge in [0.1, 0.15) is 0 Å². The van der Waals surface area contributed by atoms with Gasteiger partial charge in [0.2, 0.25) is 0 Å². The van der Waals surface area contributed by atoms with Gasteiger partial charge in [0.15, 0.2) is 0 Å². The molecule has 0 saturated heterocycles. The number of hydrogen-bond acceptors (Lipinski definition) is 5. The molecular weight excluding hydrogens is 459 g/mol. The molecule has 1 N–H and O–H groups in total. The van der Waals surface area contributed by atoms with Crippen LogP contribution in [0.15, 0.2) is 54.5 Å². The fourth-order valence-electron chi connectivity index (χ4n) is 2.55. The van der Waals surface area contributed by atoms with Gasteiger partial charge < -0.3 is 0 Å². The first kappa shape index (κ1) is 21.3. The molecule has 7 nitrogen and oxygen atoms in total. The number of nitrogens with zero attached hydrogens (tertiary/aromatic N) is 3. The summed E-state index contributed by atoms with van der Waals surface area (Å²) >= 11 is 20.1. The van der Waals surface area contributed by atoms with Crippen LogP contribution in [0, 0.1) is 11.3 Å². The molecule has 0 bridgehead atoms. The number of rotatable bonds is 4. The van der Waals surface area contributed by atoms with Crippen molar-refractivity contribution in [3.63, 3.8) is 0 Å². The summed E-state index contributed by atoms with van der Waals surface area (Å²) in [5.41, 5.74) is -1.96. The lowest BCUT2D eigenvalue weighted by Gasteiger charge is -2.12. The van der Waals surface area contributed by atoms with E-state index in [2.05, 4.69) is 4.98 Å². The van der Waals surface area contributed by atoms with Crippen LogP contribution in [0.2, 0.25) is 15.1 Å². The van der Waals surface area contributed by atoms with Crippen LogP contribution in [0.25, 0.3) is 5.69 Å². The number of hydrogen-bond donors (Lipinski definition) is 1. The lowest BCUT2D eigenvalue weighted by molar-refractivity contribution is 0.599. The van der Waals surface area contributed by atoms with E-state index in [1.807, 2.05) is 6.07 Å². The zero-order valence-electron chi connectivity index (χ0n) is 14.7. The molecule has 0 aliphatic carbocycles. The molecule has 3 rings (SSSR count). The van der Waals surface area contributed by atoms with Crippen molar-refractivity contribution < 1.29 is 0 Å². The molecule has 0 saturated carbocycles. The predicted molar refractivity (Wildman–Crippen MR) is 113 cm³/mol. The summed E-state index contributed by atoms with van der Waals surface area (Å²) in [5, 5.41) is 9.65. The van der Waals surface area contributed by atoms with Crippen LogP contribution in [-0.2, 0) is 6.54 Å². The topological polar surface area (TPSA) is 101 Å². The van der Waals surface area contributed by atoms with Gasteiger partial charge in [-0.15, -0.1) is 0 Å². The third kappa shape index (κ3) is 4.14. The Balaban J connectivity index is 2.11. The number of benzene rings is 2. The zero-order valence-corrected chi connectivity index (χ0v) is 17.8. The molecule has 1 aromatic heterocycles. The highest BCUT2D eigenvalue weighted by Crippen LogP contribution is 2.42. The monoisotopic (exact) mass is 468 g/mol. The van der Waals surface area contributed by atoms with Gasteiger partial charge in [0.05, 0.1) is 32.4 Å². The molecule has 1 heterocycles. The number of aromatic amines is 1. The van der Waals surface area contributed by atoms with Crippen LogP contribution >= 0.6 is 46.6 Å². The van der Waals surface area contributed by atoms with Crippen molar-refractivity contribution in [3.05, 3.63) is 82.4 Å². The van der Waals surface area contributed by atoms with E-state index in [-0.39, 0.29) is 22.3 Å². The summed E-state index contributed by atoms with van der Waals surface area (Å²) in [6, 6.07) is 9.59. The van der Waals surface area contributed by atoms with Gasteiger partial charge in [-0.3, -0.25) is 4.98 Å². The molecule has 0 amide bonds. The van der Waals surface area contributed by atoms with Gasteiger partial charge in [-0.05, 0) is 37.3 Å². The zero-order chi connectivity index (χ0) is 21.3. The first-order valence-corrected chi connectivity index (χ1v) is 10.0. The third-order valence-corrected chi connectivity index (χ3v) is 6.38. The average molecular weight is 470 g/mol. The van der Waals surface area contributed by atoms with E-state index in [4.69, 9.17) is 40.1 Å². The summed E-state index contributed by atoms with van der Waals surface area (Å²) in [7, 11) is 0. The number of halogens is 3. The smallest absolute Gasteiger partial charge is 0.258 e. The molecule has 29 heavy (non-hydrogen) atoms. The lowest BCUT2D eigenvalue weighted by atomic mass is 10.2. The summed E-state index contributed by atoms with van der Waals surface area (Å²) in [6.07, 6.45) is 0. The van der Waals surface area contributed by atoms with E-state index in [1.54, 1.807) is 19.1 Å². The van der Waals surface area contributed by atoms with Crippen LogP contribution in [0.4, 0.5) is 0 Å². The Bertz CT molecular complexity index is 1310. The van der Waals surface area contributed by atoms with E-state index in [9.17, 15) is 14.4 Å². The minimum Gasteiger partial charge on any atom is -0.258 e. The molecule has 11 heteroatoms. The second-order valence-electron chi connectivity index (χ2n) is 5.70. The molecular formula is C18H11Cl3N4O3S. The maximum atomic E-state index is 12.5. The molecule has 0 aliphatic heterocycles. The molecule has 3 aromatic rings. The summed E-state index contributed by atoms with van der Waals surface area (Å²) in [5.74, 6) is 0. The van der Waals surface area contributed by atoms with Crippen LogP contribution < -0.4 is 17.1 Å². The Labute approximate surface area is 183 Å². The van der Waals surface area contributed by atoms with Crippen LogP contribution in [-0.4, -0.2) is 14.1 Å². The van der Waals surface area contributed by atoms with Crippen molar-refractivity contribution in [2.45, 2.75) is 23.3 Å². The second kappa shape index (κ2) is 8.51. The average Bonchev–Trinajstić information content (AvgIpc) is 2.65. The van der Waals surface area contributed by atoms with E-state index in [0.29, 0.717) is 20.4 Å². The van der Waals surface area contributed by atoms with Gasteiger partial charge >= 0.3 is 17.1 Å². The highest BCUT2D eigenvalue weighted by Gasteiger charge is 2.16. The summed E-state index contributed by atoms with van der Waals surface area (Å²) in [6.45, 7) is 1.69. The predicted octanol–water partition coefficient (Wildman–Crippen LogP) is 3.69. The van der Waals surface area contributed by atoms with Gasteiger partial charge in [0, 0.05) is 16.3 Å². The highest BCUT2D eigenvalue weighted by atomic mass is 35.5. The van der Waals surface area contributed by atoms with Crippen molar-refractivity contribution in [3.8, 4) is 11.8 Å². The third-order valence-electron chi connectivity index (χ3n) is 3.91. The van der Waals surface area contributed by atoms with E-state index < -0.39 is 17.1 Å². The van der Waals surface area contributed by atoms with Crippen LogP contribution in [0.1, 0.15) is 12.5 Å². The molecule has 2 aromatic carbocycles. The minimum atomic E-state index is -0.896. The Morgan fingerprint density at radius 3 is 2.24 bits per heavy atom. The van der Waals surface area contributed by atoms with Crippen molar-refractivity contribution in [1.82, 2.24) is 14.1 Å². The van der Waals surface area contributed by atoms with Crippen molar-refractivity contribution >= 4 is 46.6 Å². The normalized spacial score (nSPS) is 10.7. The Kier molecular flexibility index (Phi) is 6.24. The molecule has 0 radical (unpaired) electrons. The maximum absolute atomic E-state index is 12.5. The van der Waals surface area contributed by atoms with Gasteiger partial charge in [-0.25, -0.2) is 23.5 Å². The first-order valence-electron chi connectivity index (χ1n) is 8.10. The minimum absolute atomic E-state index is 0.0844. The van der Waals surface area contributed by atoms with E-state index in [0.717, 1.165) is 9.13 Å². The second-order valence-corrected chi connectivity index (χ2v) is 7.97. The molecule has 0 fully saturated rings. The van der Waals surface area contributed by atoms with Gasteiger partial charge in [-0.2, -0.15) is 5.26 Å². The number of nitrogens with one attached hydrogen (secondary N) is 1. The number of aromatic nitrogens is 3. The summed E-state index contributed by atoms with van der Waals surface area (Å²) < 4.78 is 1.66. The standard InChI is InChI=1S/C18H11Cl3N4O3S/c1-2-24-16(26)23-17(27)25(18(24)28)10-6-12(20)15(13(21)7-10)29-14-4-3-9(8-22)5-11(14)19/h3-7H,2H2,1H3,(H,23,26,27).